The van der Waals surface area contributed by atoms with Gasteiger partial charge in [0.2, 0.25) is 0 Å². The first-order valence-corrected chi connectivity index (χ1v) is 3.86. The van der Waals surface area contributed by atoms with Crippen molar-refractivity contribution >= 4 is 5.97 Å². The van der Waals surface area contributed by atoms with Crippen molar-refractivity contribution in [2.75, 3.05) is 6.54 Å². The van der Waals surface area contributed by atoms with Crippen molar-refractivity contribution in [2.24, 2.45) is 11.0 Å². The minimum absolute atomic E-state index is 0.0445. The van der Waals surface area contributed by atoms with E-state index in [2.05, 4.69) is 5.28 Å². The SMILES string of the molecule is NC(CCCC/[N+]([O-])=N\O)C(=O)O. The van der Waals surface area contributed by atoms with E-state index >= 15 is 0 Å². The van der Waals surface area contributed by atoms with Crippen LogP contribution in [0.2, 0.25) is 0 Å². The Balaban J connectivity index is 3.41. The van der Waals surface area contributed by atoms with Crippen molar-refractivity contribution < 1.29 is 20.0 Å². The molecule has 0 amide bonds. The molecule has 7 nitrogen and oxygen atoms in total. The molecule has 0 aliphatic rings. The molecule has 0 spiro atoms. The number of carboxylic acid groups (broad SMARTS) is 1. The van der Waals surface area contributed by atoms with Gasteiger partial charge < -0.3 is 21.3 Å². The topological polar surface area (TPSA) is 122 Å². The third-order valence-corrected chi connectivity index (χ3v) is 1.53. The van der Waals surface area contributed by atoms with Crippen molar-refractivity contribution in [3.8, 4) is 0 Å². The Morgan fingerprint density at radius 3 is 2.69 bits per heavy atom. The Bertz CT molecular complexity index is 194. The highest BCUT2D eigenvalue weighted by molar-refractivity contribution is 5.72. The number of hydrogen-bond acceptors (Lipinski definition) is 4. The fourth-order valence-electron chi connectivity index (χ4n) is 0.780. The molecule has 1 atom stereocenters. The summed E-state index contributed by atoms with van der Waals surface area (Å²) in [6.45, 7) is 0.0445. The number of carbonyl (C=O) groups is 1. The number of hydroxylamine groups is 1. The zero-order valence-electron chi connectivity index (χ0n) is 7.09. The van der Waals surface area contributed by atoms with Crippen LogP contribution in [0.15, 0.2) is 5.28 Å². The lowest BCUT2D eigenvalue weighted by molar-refractivity contribution is -0.556. The predicted octanol–water partition coefficient (Wildman–Crippen LogP) is -0.0797. The molecule has 0 heterocycles. The summed E-state index contributed by atoms with van der Waals surface area (Å²) in [6.07, 6.45) is 1.28. The predicted molar refractivity (Wildman–Crippen MR) is 42.2 cm³/mol. The van der Waals surface area contributed by atoms with Crippen LogP contribution in [-0.2, 0) is 4.79 Å². The van der Waals surface area contributed by atoms with Crippen LogP contribution in [0.5, 0.6) is 0 Å². The smallest absolute Gasteiger partial charge is 0.320 e. The lowest BCUT2D eigenvalue weighted by Gasteiger charge is -2.04. The standard InChI is InChI=1S/C6H13N3O4/c7-5(6(10)11)3-1-2-4-9(13)8-12/h5,12H,1-4,7H2,(H,10,11)/b9-8+. The van der Waals surface area contributed by atoms with Gasteiger partial charge in [0.25, 0.3) is 0 Å². The first kappa shape index (κ1) is 11.6. The van der Waals surface area contributed by atoms with E-state index in [4.69, 9.17) is 16.0 Å². The van der Waals surface area contributed by atoms with Crippen LogP contribution >= 0.6 is 0 Å². The highest BCUT2D eigenvalue weighted by atomic mass is 16.6. The maximum atomic E-state index is 10.3. The van der Waals surface area contributed by atoms with Crippen LogP contribution < -0.4 is 5.73 Å². The van der Waals surface area contributed by atoms with Gasteiger partial charge in [-0.25, -0.2) is 0 Å². The number of aliphatic carboxylic acids is 1. The second kappa shape index (κ2) is 6.18. The summed E-state index contributed by atoms with van der Waals surface area (Å²) in [5.41, 5.74) is 5.20. The van der Waals surface area contributed by atoms with Crippen LogP contribution in [0.1, 0.15) is 19.3 Å². The molecule has 0 aromatic rings. The molecule has 0 aromatic heterocycles. The molecule has 0 aliphatic heterocycles. The Hall–Kier alpha value is -1.37. The Kier molecular flexibility index (Phi) is 5.53. The van der Waals surface area contributed by atoms with Crippen molar-refractivity contribution in [3.05, 3.63) is 5.21 Å². The zero-order valence-corrected chi connectivity index (χ0v) is 7.09. The van der Waals surface area contributed by atoms with E-state index < -0.39 is 12.0 Å². The summed E-state index contributed by atoms with van der Waals surface area (Å²) in [5.74, 6) is -1.05. The summed E-state index contributed by atoms with van der Waals surface area (Å²) in [6, 6.07) is -0.883. The number of unbranched alkanes of at least 4 members (excludes halogenated alkanes) is 1. The van der Waals surface area contributed by atoms with E-state index in [0.29, 0.717) is 19.3 Å². The number of rotatable bonds is 6. The molecule has 1 unspecified atom stereocenters. The molecule has 4 N–H and O–H groups in total. The van der Waals surface area contributed by atoms with Crippen LogP contribution in [0.3, 0.4) is 0 Å². The van der Waals surface area contributed by atoms with E-state index in [1.54, 1.807) is 0 Å². The second-order valence-electron chi connectivity index (χ2n) is 2.61. The molecule has 0 aromatic carbocycles. The van der Waals surface area contributed by atoms with Crippen LogP contribution in [0.4, 0.5) is 0 Å². The van der Waals surface area contributed by atoms with Gasteiger partial charge in [-0.05, 0) is 12.8 Å². The van der Waals surface area contributed by atoms with Crippen molar-refractivity contribution in [3.63, 3.8) is 0 Å². The fraction of sp³-hybridized carbons (Fsp3) is 0.833. The third kappa shape index (κ3) is 5.85. The molecule has 13 heavy (non-hydrogen) atoms. The maximum Gasteiger partial charge on any atom is 0.320 e. The largest absolute Gasteiger partial charge is 0.597 e. The van der Waals surface area contributed by atoms with E-state index in [9.17, 15) is 10.0 Å². The molecule has 0 saturated carbocycles. The highest BCUT2D eigenvalue weighted by Gasteiger charge is 2.10. The molecule has 0 saturated heterocycles. The van der Waals surface area contributed by atoms with Gasteiger partial charge in [-0.2, -0.15) is 0 Å². The molecule has 0 bridgehead atoms. The molecule has 0 rings (SSSR count). The molecular formula is C6H13N3O4. The summed E-state index contributed by atoms with van der Waals surface area (Å²) >= 11 is 0. The Morgan fingerprint density at radius 2 is 2.23 bits per heavy atom. The van der Waals surface area contributed by atoms with Crippen molar-refractivity contribution in [1.29, 1.82) is 0 Å². The minimum atomic E-state index is -1.05. The van der Waals surface area contributed by atoms with Gasteiger partial charge in [0.15, 0.2) is 11.8 Å². The number of nitrogens with two attached hydrogens (primary N) is 1. The van der Waals surface area contributed by atoms with E-state index in [1.807, 2.05) is 0 Å². The number of carboxylic acids is 1. The summed E-state index contributed by atoms with van der Waals surface area (Å²) in [4.78, 5) is 10.4. The van der Waals surface area contributed by atoms with Gasteiger partial charge >= 0.3 is 5.97 Å². The molecule has 7 heteroatoms. The fourth-order valence-corrected chi connectivity index (χ4v) is 0.780. The van der Waals surface area contributed by atoms with Gasteiger partial charge in [-0.1, -0.05) is 4.86 Å². The monoisotopic (exact) mass is 191 g/mol. The van der Waals surface area contributed by atoms with Crippen LogP contribution in [0.25, 0.3) is 0 Å². The van der Waals surface area contributed by atoms with Crippen molar-refractivity contribution in [2.45, 2.75) is 25.3 Å². The summed E-state index contributed by atoms with van der Waals surface area (Å²) in [7, 11) is 0. The first-order valence-electron chi connectivity index (χ1n) is 3.86. The molecule has 0 fully saturated rings. The average molecular weight is 191 g/mol. The van der Waals surface area contributed by atoms with Crippen molar-refractivity contribution in [1.82, 2.24) is 0 Å². The lowest BCUT2D eigenvalue weighted by Crippen LogP contribution is -2.29. The van der Waals surface area contributed by atoms with Crippen LogP contribution in [0, 0.1) is 5.21 Å². The van der Waals surface area contributed by atoms with Crippen LogP contribution in [-0.4, -0.2) is 33.7 Å². The minimum Gasteiger partial charge on any atom is -0.597 e. The molecule has 76 valence electrons. The van der Waals surface area contributed by atoms with Gasteiger partial charge in [0, 0.05) is 6.42 Å². The number of hydrogen-bond donors (Lipinski definition) is 3. The second-order valence-corrected chi connectivity index (χ2v) is 2.61. The molecule has 0 radical (unpaired) electrons. The Morgan fingerprint density at radius 1 is 1.62 bits per heavy atom. The van der Waals surface area contributed by atoms with Gasteiger partial charge in [0.05, 0.1) is 0 Å². The van der Waals surface area contributed by atoms with E-state index in [-0.39, 0.29) is 11.4 Å². The maximum absolute atomic E-state index is 10.3. The molecular weight excluding hydrogens is 178 g/mol. The van der Waals surface area contributed by atoms with Gasteiger partial charge in [0.1, 0.15) is 6.04 Å². The highest BCUT2D eigenvalue weighted by Crippen LogP contribution is 1.99. The third-order valence-electron chi connectivity index (χ3n) is 1.53. The number of nitrogens with zero attached hydrogens (tertiary/aromatic N) is 2. The first-order chi connectivity index (χ1) is 6.07. The average Bonchev–Trinajstić information content (AvgIpc) is 2.11. The van der Waals surface area contributed by atoms with E-state index in [0.717, 1.165) is 0 Å². The lowest BCUT2D eigenvalue weighted by atomic mass is 10.1. The van der Waals surface area contributed by atoms with E-state index in [1.165, 1.54) is 0 Å². The van der Waals surface area contributed by atoms with Gasteiger partial charge in [-0.15, -0.1) is 0 Å². The Labute approximate surface area is 75.0 Å². The zero-order chi connectivity index (χ0) is 10.3. The summed E-state index contributed by atoms with van der Waals surface area (Å²) in [5, 5.41) is 29.0. The van der Waals surface area contributed by atoms with Gasteiger partial charge in [-0.3, -0.25) is 4.79 Å². The quantitative estimate of drug-likeness (QED) is 0.234. The summed E-state index contributed by atoms with van der Waals surface area (Å²) < 4.78 is 0. The normalized spacial score (nSPS) is 14.1. The molecule has 0 aliphatic carbocycles.